The van der Waals surface area contributed by atoms with E-state index in [2.05, 4.69) is 9.97 Å². The molecule has 0 bridgehead atoms. The lowest BCUT2D eigenvalue weighted by Gasteiger charge is -2.22. The van der Waals surface area contributed by atoms with Crippen molar-refractivity contribution in [2.45, 2.75) is 39.2 Å². The van der Waals surface area contributed by atoms with Gasteiger partial charge in [-0.25, -0.2) is 9.78 Å². The van der Waals surface area contributed by atoms with E-state index in [1.165, 1.54) is 11.3 Å². The fourth-order valence-electron chi connectivity index (χ4n) is 2.69. The van der Waals surface area contributed by atoms with Crippen molar-refractivity contribution in [2.75, 3.05) is 13.2 Å². The highest BCUT2D eigenvalue weighted by Gasteiger charge is 2.29. The highest BCUT2D eigenvalue weighted by molar-refractivity contribution is 7.18. The van der Waals surface area contributed by atoms with Crippen LogP contribution in [0.5, 0.6) is 0 Å². The number of carbonyl (C=O) groups is 1. The van der Waals surface area contributed by atoms with E-state index in [9.17, 15) is 9.59 Å². The summed E-state index contributed by atoms with van der Waals surface area (Å²) in [5.41, 5.74) is 0.390. The number of aromatic nitrogens is 2. The number of thiophene rings is 1. The second-order valence-corrected chi connectivity index (χ2v) is 6.94. The van der Waals surface area contributed by atoms with Crippen molar-refractivity contribution in [3.8, 4) is 0 Å². The number of aromatic amines is 1. The van der Waals surface area contributed by atoms with E-state index in [0.29, 0.717) is 23.2 Å². The van der Waals surface area contributed by atoms with Crippen molar-refractivity contribution in [1.82, 2.24) is 9.97 Å². The van der Waals surface area contributed by atoms with Crippen LogP contribution >= 0.6 is 11.3 Å². The molecule has 0 aromatic carbocycles. The lowest BCUT2D eigenvalue weighted by molar-refractivity contribution is -0.0101. The molecule has 0 aliphatic carbocycles. The Labute approximate surface area is 131 Å². The molecule has 0 unspecified atom stereocenters. The number of nitrogens with one attached hydrogen (secondary N) is 1. The number of ether oxygens (including phenoxy) is 2. The molecule has 0 saturated heterocycles. The van der Waals surface area contributed by atoms with Gasteiger partial charge in [0.05, 0.1) is 24.2 Å². The van der Waals surface area contributed by atoms with Crippen molar-refractivity contribution in [1.29, 1.82) is 0 Å². The Morgan fingerprint density at radius 3 is 3.00 bits per heavy atom. The topological polar surface area (TPSA) is 81.3 Å². The molecule has 6 nitrogen and oxygen atoms in total. The number of hydrogen-bond acceptors (Lipinski definition) is 6. The first kappa shape index (κ1) is 15.2. The summed E-state index contributed by atoms with van der Waals surface area (Å²) in [5.74, 6) is -0.639. The highest BCUT2D eigenvalue weighted by Crippen LogP contribution is 2.34. The number of hydrogen-bond donors (Lipinski definition) is 1. The van der Waals surface area contributed by atoms with Crippen LogP contribution in [0.2, 0.25) is 0 Å². The predicted octanol–water partition coefficient (Wildman–Crippen LogP) is 2.06. The van der Waals surface area contributed by atoms with Gasteiger partial charge in [0.1, 0.15) is 4.83 Å². The summed E-state index contributed by atoms with van der Waals surface area (Å²) in [6.07, 6.45) is 1.42. The molecule has 1 aliphatic heterocycles. The van der Waals surface area contributed by atoms with Crippen LogP contribution < -0.4 is 5.56 Å². The normalized spacial score (nSPS) is 17.0. The molecule has 2 aromatic rings. The fraction of sp³-hybridized carbons (Fsp3) is 0.533. The summed E-state index contributed by atoms with van der Waals surface area (Å²) in [5, 5.41) is 0.576. The molecule has 0 fully saturated rings. The van der Waals surface area contributed by atoms with Gasteiger partial charge in [-0.2, -0.15) is 0 Å². The summed E-state index contributed by atoms with van der Waals surface area (Å²) < 4.78 is 10.7. The Kier molecular flexibility index (Phi) is 3.78. The number of rotatable bonds is 2. The van der Waals surface area contributed by atoms with E-state index >= 15 is 0 Å². The summed E-state index contributed by atoms with van der Waals surface area (Å²) in [6.45, 7) is 6.60. The molecule has 3 rings (SSSR count). The molecule has 2 aromatic heterocycles. The summed E-state index contributed by atoms with van der Waals surface area (Å²) in [7, 11) is 0. The van der Waals surface area contributed by atoms with Crippen molar-refractivity contribution in [2.24, 2.45) is 0 Å². The summed E-state index contributed by atoms with van der Waals surface area (Å²) in [4.78, 5) is 32.7. The van der Waals surface area contributed by atoms with Crippen molar-refractivity contribution < 1.29 is 14.3 Å². The molecule has 1 N–H and O–H groups in total. The SMILES string of the molecule is CCOC(=O)c1nc2sc3c(c2c(=O)[nH]1)CC(C)(C)OCC3. The second kappa shape index (κ2) is 5.48. The number of H-pyrrole nitrogens is 1. The lowest BCUT2D eigenvalue weighted by Crippen LogP contribution is -2.27. The van der Waals surface area contributed by atoms with Gasteiger partial charge >= 0.3 is 5.97 Å². The van der Waals surface area contributed by atoms with Crippen molar-refractivity contribution in [3.63, 3.8) is 0 Å². The zero-order chi connectivity index (χ0) is 15.9. The Balaban J connectivity index is 2.15. The van der Waals surface area contributed by atoms with E-state index in [4.69, 9.17) is 9.47 Å². The molecule has 0 radical (unpaired) electrons. The zero-order valence-electron chi connectivity index (χ0n) is 12.8. The summed E-state index contributed by atoms with van der Waals surface area (Å²) in [6, 6.07) is 0. The van der Waals surface area contributed by atoms with Gasteiger partial charge in [-0.1, -0.05) is 0 Å². The number of nitrogens with zero attached hydrogens (tertiary/aromatic N) is 1. The van der Waals surface area contributed by atoms with Gasteiger partial charge in [-0.3, -0.25) is 4.79 Å². The minimum absolute atomic E-state index is 0.0359. The van der Waals surface area contributed by atoms with Crippen LogP contribution in [0.15, 0.2) is 4.79 Å². The lowest BCUT2D eigenvalue weighted by atomic mass is 9.97. The number of esters is 1. The minimum Gasteiger partial charge on any atom is -0.460 e. The highest BCUT2D eigenvalue weighted by atomic mass is 32.1. The van der Waals surface area contributed by atoms with Gasteiger partial charge in [0.15, 0.2) is 0 Å². The fourth-order valence-corrected chi connectivity index (χ4v) is 3.86. The van der Waals surface area contributed by atoms with Gasteiger partial charge in [0, 0.05) is 17.7 Å². The third-order valence-corrected chi connectivity index (χ3v) is 4.82. The predicted molar refractivity (Wildman–Crippen MR) is 83.6 cm³/mol. The average molecular weight is 322 g/mol. The first-order chi connectivity index (χ1) is 10.4. The molecule has 3 heterocycles. The maximum atomic E-state index is 12.4. The van der Waals surface area contributed by atoms with Crippen LogP contribution in [0.25, 0.3) is 10.2 Å². The molecule has 0 saturated carbocycles. The maximum Gasteiger partial charge on any atom is 0.374 e. The minimum atomic E-state index is -0.603. The second-order valence-electron chi connectivity index (χ2n) is 5.85. The van der Waals surface area contributed by atoms with Gasteiger partial charge in [-0.15, -0.1) is 11.3 Å². The Morgan fingerprint density at radius 2 is 2.27 bits per heavy atom. The third-order valence-electron chi connectivity index (χ3n) is 3.64. The molecule has 0 amide bonds. The Morgan fingerprint density at radius 1 is 1.50 bits per heavy atom. The molecule has 1 aliphatic rings. The van der Waals surface area contributed by atoms with Gasteiger partial charge in [-0.05, 0) is 26.3 Å². The molecular formula is C15H18N2O4S. The first-order valence-corrected chi connectivity index (χ1v) is 8.08. The van der Waals surface area contributed by atoms with E-state index in [-0.39, 0.29) is 23.6 Å². The Bertz CT molecular complexity index is 791. The van der Waals surface area contributed by atoms with Gasteiger partial charge in [0.2, 0.25) is 5.82 Å². The van der Waals surface area contributed by atoms with Crippen LogP contribution in [0.3, 0.4) is 0 Å². The van der Waals surface area contributed by atoms with Crippen molar-refractivity contribution in [3.05, 3.63) is 26.6 Å². The maximum absolute atomic E-state index is 12.4. The molecule has 0 spiro atoms. The van der Waals surface area contributed by atoms with E-state index in [1.807, 2.05) is 13.8 Å². The van der Waals surface area contributed by atoms with Crippen LogP contribution in [-0.2, 0) is 22.3 Å². The standard InChI is InChI=1S/C15H18N2O4S/c1-4-20-14(19)11-16-12(18)10-8-7-15(2,3)21-6-5-9(8)22-13(10)17-11/h4-7H2,1-3H3,(H,16,17,18). The van der Waals surface area contributed by atoms with Crippen LogP contribution in [0.1, 0.15) is 41.8 Å². The van der Waals surface area contributed by atoms with Crippen LogP contribution in [0, 0.1) is 0 Å². The molecule has 7 heteroatoms. The molecular weight excluding hydrogens is 304 g/mol. The molecule has 22 heavy (non-hydrogen) atoms. The molecule has 118 valence electrons. The quantitative estimate of drug-likeness (QED) is 0.856. The van der Waals surface area contributed by atoms with Crippen LogP contribution in [0.4, 0.5) is 0 Å². The van der Waals surface area contributed by atoms with E-state index < -0.39 is 5.97 Å². The average Bonchev–Trinajstić information content (AvgIpc) is 2.68. The first-order valence-electron chi connectivity index (χ1n) is 7.27. The smallest absolute Gasteiger partial charge is 0.374 e. The van der Waals surface area contributed by atoms with Crippen LogP contribution in [-0.4, -0.2) is 34.8 Å². The van der Waals surface area contributed by atoms with Gasteiger partial charge < -0.3 is 14.5 Å². The van der Waals surface area contributed by atoms with Crippen molar-refractivity contribution >= 4 is 27.5 Å². The number of fused-ring (bicyclic) bond motifs is 3. The monoisotopic (exact) mass is 322 g/mol. The Hall–Kier alpha value is -1.73. The molecule has 0 atom stereocenters. The third kappa shape index (κ3) is 2.66. The zero-order valence-corrected chi connectivity index (χ0v) is 13.6. The number of carbonyl (C=O) groups excluding carboxylic acids is 1. The summed E-state index contributed by atoms with van der Waals surface area (Å²) >= 11 is 1.46. The largest absolute Gasteiger partial charge is 0.460 e. The van der Waals surface area contributed by atoms with E-state index in [1.54, 1.807) is 6.92 Å². The van der Waals surface area contributed by atoms with E-state index in [0.717, 1.165) is 16.9 Å². The van der Waals surface area contributed by atoms with Gasteiger partial charge in [0.25, 0.3) is 5.56 Å².